The molecule has 0 aliphatic carbocycles. The van der Waals surface area contributed by atoms with Gasteiger partial charge < -0.3 is 9.73 Å². The Labute approximate surface area is 209 Å². The maximum absolute atomic E-state index is 12.7. The predicted octanol–water partition coefficient (Wildman–Crippen LogP) is 5.22. The van der Waals surface area contributed by atoms with Crippen LogP contribution in [0.5, 0.6) is 0 Å². The van der Waals surface area contributed by atoms with E-state index >= 15 is 0 Å². The number of nitrogens with one attached hydrogen (secondary N) is 1. The molecule has 2 aromatic heterocycles. The molecule has 5 rings (SSSR count). The molecule has 0 unspecified atom stereocenters. The fourth-order valence-corrected chi connectivity index (χ4v) is 5.08. The lowest BCUT2D eigenvalue weighted by molar-refractivity contribution is -0.113. The van der Waals surface area contributed by atoms with E-state index in [-0.39, 0.29) is 11.7 Å². The minimum Gasteiger partial charge on any atom is -0.469 e. The van der Waals surface area contributed by atoms with Crippen LogP contribution in [-0.4, -0.2) is 44.4 Å². The van der Waals surface area contributed by atoms with Gasteiger partial charge in [0.05, 0.1) is 24.1 Å². The van der Waals surface area contributed by atoms with Gasteiger partial charge in [-0.3, -0.25) is 14.3 Å². The summed E-state index contributed by atoms with van der Waals surface area (Å²) in [6.07, 6.45) is 4.23. The minimum atomic E-state index is -0.0717. The summed E-state index contributed by atoms with van der Waals surface area (Å²) in [5.41, 5.74) is 4.12. The number of rotatable bonds is 9. The third kappa shape index (κ3) is 5.83. The second-order valence-corrected chi connectivity index (χ2v) is 9.73. The first-order valence-electron chi connectivity index (χ1n) is 11.9. The number of carbonyl (C=O) groups excluding carboxylic acids is 1. The smallest absolute Gasteiger partial charge is 0.234 e. The Morgan fingerprint density at radius 2 is 1.71 bits per heavy atom. The number of furan rings is 1. The Morgan fingerprint density at radius 3 is 2.43 bits per heavy atom. The molecule has 1 amide bonds. The van der Waals surface area contributed by atoms with E-state index in [1.54, 1.807) is 6.26 Å². The van der Waals surface area contributed by atoms with Crippen molar-refractivity contribution in [1.29, 1.82) is 0 Å². The number of thioether (sulfide) groups is 1. The van der Waals surface area contributed by atoms with Crippen molar-refractivity contribution < 1.29 is 9.21 Å². The number of likely N-dealkylation sites (tertiary alicyclic amines) is 1. The molecule has 0 saturated carbocycles. The lowest BCUT2D eigenvalue weighted by atomic mass is 10.2. The molecule has 8 heteroatoms. The molecule has 180 valence electrons. The Hall–Kier alpha value is -3.36. The zero-order valence-electron chi connectivity index (χ0n) is 19.8. The van der Waals surface area contributed by atoms with Gasteiger partial charge in [0.25, 0.3) is 0 Å². The number of aromatic nitrogens is 3. The molecular weight excluding hydrogens is 458 g/mol. The summed E-state index contributed by atoms with van der Waals surface area (Å²) < 4.78 is 7.53. The molecule has 0 bridgehead atoms. The van der Waals surface area contributed by atoms with Crippen LogP contribution in [0.4, 0.5) is 5.69 Å². The average molecular weight is 488 g/mol. The first-order chi connectivity index (χ1) is 17.2. The van der Waals surface area contributed by atoms with E-state index < -0.39 is 0 Å². The van der Waals surface area contributed by atoms with Crippen molar-refractivity contribution >= 4 is 23.4 Å². The minimum absolute atomic E-state index is 0.0717. The summed E-state index contributed by atoms with van der Waals surface area (Å²) in [5.74, 6) is 1.69. The van der Waals surface area contributed by atoms with Crippen LogP contribution in [0, 0.1) is 6.92 Å². The second-order valence-electron chi connectivity index (χ2n) is 8.79. The van der Waals surface area contributed by atoms with Crippen LogP contribution in [-0.2, 0) is 17.9 Å². The first kappa shape index (κ1) is 23.4. The Morgan fingerprint density at radius 1 is 0.971 bits per heavy atom. The van der Waals surface area contributed by atoms with Gasteiger partial charge in [0.15, 0.2) is 11.0 Å². The van der Waals surface area contributed by atoms with Crippen molar-refractivity contribution in [2.24, 2.45) is 0 Å². The highest BCUT2D eigenvalue weighted by Crippen LogP contribution is 2.28. The SMILES string of the molecule is Cc1occc1-c1nnc(SCC(=O)Nc2ccc(CN3CCCC3)cc2)n1Cc1ccccc1. The van der Waals surface area contributed by atoms with Gasteiger partial charge in [-0.1, -0.05) is 54.2 Å². The highest BCUT2D eigenvalue weighted by molar-refractivity contribution is 7.99. The van der Waals surface area contributed by atoms with Crippen LogP contribution in [0.25, 0.3) is 11.4 Å². The lowest BCUT2D eigenvalue weighted by Crippen LogP contribution is -2.18. The van der Waals surface area contributed by atoms with Gasteiger partial charge in [0.2, 0.25) is 5.91 Å². The van der Waals surface area contributed by atoms with Crippen molar-refractivity contribution in [2.45, 2.75) is 38.0 Å². The standard InChI is InChI=1S/C27H29N5O2S/c1-20-24(13-16-34-20)26-29-30-27(32(26)18-21-7-3-2-4-8-21)35-19-25(33)28-23-11-9-22(10-12-23)17-31-14-5-6-15-31/h2-4,7-13,16H,5-6,14-15,17-19H2,1H3,(H,28,33). The van der Waals surface area contributed by atoms with Gasteiger partial charge >= 0.3 is 0 Å². The van der Waals surface area contributed by atoms with Crippen molar-refractivity contribution in [1.82, 2.24) is 19.7 Å². The largest absolute Gasteiger partial charge is 0.469 e. The molecule has 0 radical (unpaired) electrons. The van der Waals surface area contributed by atoms with Crippen LogP contribution in [0.15, 0.2) is 76.5 Å². The summed E-state index contributed by atoms with van der Waals surface area (Å²) >= 11 is 1.38. The predicted molar refractivity (Wildman–Crippen MR) is 138 cm³/mol. The Balaban J connectivity index is 1.24. The third-order valence-electron chi connectivity index (χ3n) is 6.17. The summed E-state index contributed by atoms with van der Waals surface area (Å²) in [4.78, 5) is 15.2. The van der Waals surface area contributed by atoms with Gasteiger partial charge in [-0.2, -0.15) is 0 Å². The molecule has 0 spiro atoms. The quantitative estimate of drug-likeness (QED) is 0.326. The van der Waals surface area contributed by atoms with Crippen molar-refractivity contribution in [3.63, 3.8) is 0 Å². The normalized spacial score (nSPS) is 13.9. The summed E-state index contributed by atoms with van der Waals surface area (Å²) in [5, 5.41) is 12.5. The van der Waals surface area contributed by atoms with Crippen molar-refractivity contribution in [3.05, 3.63) is 83.8 Å². The molecule has 1 saturated heterocycles. The third-order valence-corrected chi connectivity index (χ3v) is 7.14. The second kappa shape index (κ2) is 10.9. The molecular formula is C27H29N5O2S. The topological polar surface area (TPSA) is 76.2 Å². The maximum atomic E-state index is 12.7. The van der Waals surface area contributed by atoms with Crippen LogP contribution in [0.1, 0.15) is 29.7 Å². The highest BCUT2D eigenvalue weighted by atomic mass is 32.2. The van der Waals surface area contributed by atoms with Crippen molar-refractivity contribution in [2.75, 3.05) is 24.2 Å². The molecule has 3 heterocycles. The number of hydrogen-bond donors (Lipinski definition) is 1. The molecule has 1 aliphatic heterocycles. The molecule has 7 nitrogen and oxygen atoms in total. The molecule has 1 N–H and O–H groups in total. The van der Waals surface area contributed by atoms with Crippen LogP contribution in [0.2, 0.25) is 0 Å². The molecule has 1 aliphatic rings. The molecule has 0 atom stereocenters. The molecule has 4 aromatic rings. The van der Waals surface area contributed by atoms with E-state index in [4.69, 9.17) is 4.42 Å². The zero-order chi connectivity index (χ0) is 24.0. The fraction of sp³-hybridized carbons (Fsp3) is 0.296. The van der Waals surface area contributed by atoms with E-state index in [0.29, 0.717) is 11.7 Å². The van der Waals surface area contributed by atoms with Gasteiger partial charge in [-0.15, -0.1) is 10.2 Å². The number of carbonyl (C=O) groups is 1. The molecule has 2 aromatic carbocycles. The number of hydrogen-bond acceptors (Lipinski definition) is 6. The van der Waals surface area contributed by atoms with Gasteiger partial charge in [0, 0.05) is 12.2 Å². The van der Waals surface area contributed by atoms with E-state index in [0.717, 1.165) is 34.9 Å². The molecule has 1 fully saturated rings. The van der Waals surface area contributed by atoms with Crippen LogP contribution >= 0.6 is 11.8 Å². The first-order valence-corrected chi connectivity index (χ1v) is 12.9. The van der Waals surface area contributed by atoms with E-state index in [9.17, 15) is 4.79 Å². The Bertz CT molecular complexity index is 1260. The van der Waals surface area contributed by atoms with Crippen LogP contribution in [0.3, 0.4) is 0 Å². The number of amides is 1. The zero-order valence-corrected chi connectivity index (χ0v) is 20.6. The highest BCUT2D eigenvalue weighted by Gasteiger charge is 2.19. The lowest BCUT2D eigenvalue weighted by Gasteiger charge is -2.14. The average Bonchev–Trinajstić information content (AvgIpc) is 3.62. The van der Waals surface area contributed by atoms with Gasteiger partial charge in [0.1, 0.15) is 5.76 Å². The van der Waals surface area contributed by atoms with E-state index in [1.165, 1.54) is 43.3 Å². The maximum Gasteiger partial charge on any atom is 0.234 e. The number of nitrogens with zero attached hydrogens (tertiary/aromatic N) is 4. The van der Waals surface area contributed by atoms with Crippen molar-refractivity contribution in [3.8, 4) is 11.4 Å². The molecule has 35 heavy (non-hydrogen) atoms. The fourth-order valence-electron chi connectivity index (χ4n) is 4.34. The number of aryl methyl sites for hydroxylation is 1. The number of anilines is 1. The monoisotopic (exact) mass is 487 g/mol. The number of benzene rings is 2. The van der Waals surface area contributed by atoms with Gasteiger partial charge in [-0.25, -0.2) is 0 Å². The summed E-state index contributed by atoms with van der Waals surface area (Å²) in [6, 6.07) is 20.2. The van der Waals surface area contributed by atoms with E-state index in [2.05, 4.69) is 44.7 Å². The Kier molecular flexibility index (Phi) is 7.30. The summed E-state index contributed by atoms with van der Waals surface area (Å²) in [7, 11) is 0. The van der Waals surface area contributed by atoms with Gasteiger partial charge in [-0.05, 0) is 62.2 Å². The van der Waals surface area contributed by atoms with E-state index in [1.807, 2.05) is 47.9 Å². The summed E-state index contributed by atoms with van der Waals surface area (Å²) in [6.45, 7) is 5.84. The van der Waals surface area contributed by atoms with Crippen LogP contribution < -0.4 is 5.32 Å².